The average molecular weight is 478 g/mol. The summed E-state index contributed by atoms with van der Waals surface area (Å²) in [6, 6.07) is -5.03. The van der Waals surface area contributed by atoms with E-state index < -0.39 is 72.1 Å². The van der Waals surface area contributed by atoms with Gasteiger partial charge >= 0.3 is 11.9 Å². The first kappa shape index (κ1) is 29.1. The van der Waals surface area contributed by atoms with E-state index in [0.717, 1.165) is 0 Å². The smallest absolute Gasteiger partial charge is 0.326 e. The van der Waals surface area contributed by atoms with Crippen LogP contribution in [0.2, 0.25) is 0 Å². The number of hydrogen-bond donors (Lipinski definition) is 8. The highest BCUT2D eigenvalue weighted by Gasteiger charge is 2.31. The van der Waals surface area contributed by atoms with E-state index in [1.807, 2.05) is 0 Å². The summed E-state index contributed by atoms with van der Waals surface area (Å²) in [5.41, 5.74) is 10.7. The van der Waals surface area contributed by atoms with Crippen LogP contribution in [0.1, 0.15) is 39.5 Å². The minimum atomic E-state index is -1.36. The molecular weight excluding hydrogens is 446 g/mol. The Morgan fingerprint density at radius 1 is 0.844 bits per heavy atom. The zero-order chi connectivity index (χ0) is 25.0. The Kier molecular flexibility index (Phi) is 13.0. The quantitative estimate of drug-likeness (QED) is 0.117. The number of nitrogens with one attached hydrogen (secondary N) is 3. The van der Waals surface area contributed by atoms with Crippen molar-refractivity contribution in [2.45, 2.75) is 63.7 Å². The van der Waals surface area contributed by atoms with Crippen LogP contribution in [0.4, 0.5) is 0 Å². The van der Waals surface area contributed by atoms with Crippen LogP contribution in [0.25, 0.3) is 0 Å². The maximum Gasteiger partial charge on any atom is 0.326 e. The van der Waals surface area contributed by atoms with Crippen LogP contribution >= 0.6 is 12.6 Å². The van der Waals surface area contributed by atoms with Gasteiger partial charge in [-0.25, -0.2) is 4.79 Å². The summed E-state index contributed by atoms with van der Waals surface area (Å²) in [5, 5.41) is 25.1. The fourth-order valence-corrected chi connectivity index (χ4v) is 2.66. The topological polar surface area (TPSA) is 231 Å². The molecule has 9 N–H and O–H groups in total. The molecule has 0 bridgehead atoms. The third-order valence-corrected chi connectivity index (χ3v) is 4.75. The number of thiol groups is 1. The van der Waals surface area contributed by atoms with Crippen molar-refractivity contribution in [1.82, 2.24) is 16.0 Å². The molecule has 32 heavy (non-hydrogen) atoms. The molecule has 0 aliphatic rings. The van der Waals surface area contributed by atoms with Crippen LogP contribution in [-0.4, -0.2) is 75.7 Å². The SMILES string of the molecule is CC(C)C(NC(=O)C(CCC(N)=O)NC(=O)C(CCC(=O)O)NC(=O)C(N)CS)C(=O)O. The summed E-state index contributed by atoms with van der Waals surface area (Å²) >= 11 is 3.88. The zero-order valence-corrected chi connectivity index (χ0v) is 18.8. The summed E-state index contributed by atoms with van der Waals surface area (Å²) in [4.78, 5) is 70.8. The summed E-state index contributed by atoms with van der Waals surface area (Å²) < 4.78 is 0. The van der Waals surface area contributed by atoms with E-state index in [1.54, 1.807) is 13.8 Å². The van der Waals surface area contributed by atoms with E-state index in [9.17, 15) is 33.9 Å². The summed E-state index contributed by atoms with van der Waals surface area (Å²) in [6.45, 7) is 3.14. The molecule has 0 saturated heterocycles. The van der Waals surface area contributed by atoms with Crippen molar-refractivity contribution in [3.63, 3.8) is 0 Å². The Morgan fingerprint density at radius 3 is 1.72 bits per heavy atom. The lowest BCUT2D eigenvalue weighted by Crippen LogP contribution is -2.57. The maximum atomic E-state index is 12.7. The van der Waals surface area contributed by atoms with Gasteiger partial charge in [-0.15, -0.1) is 0 Å². The molecule has 4 amide bonds. The molecule has 14 heteroatoms. The van der Waals surface area contributed by atoms with Gasteiger partial charge in [-0.05, 0) is 18.8 Å². The van der Waals surface area contributed by atoms with Crippen molar-refractivity contribution < 1.29 is 39.0 Å². The number of carbonyl (C=O) groups excluding carboxylic acids is 4. The molecule has 0 aromatic carbocycles. The van der Waals surface area contributed by atoms with E-state index in [4.69, 9.17) is 16.6 Å². The molecule has 0 radical (unpaired) electrons. The predicted molar refractivity (Wildman–Crippen MR) is 115 cm³/mol. The molecule has 0 rings (SSSR count). The molecule has 0 aliphatic heterocycles. The third kappa shape index (κ3) is 10.9. The number of aliphatic carboxylic acids is 2. The molecule has 0 fully saturated rings. The molecule has 4 unspecified atom stereocenters. The number of rotatable bonds is 15. The minimum absolute atomic E-state index is 0.0332. The van der Waals surface area contributed by atoms with Gasteiger partial charge in [0.1, 0.15) is 18.1 Å². The molecule has 0 aromatic rings. The third-order valence-electron chi connectivity index (χ3n) is 4.36. The summed E-state index contributed by atoms with van der Waals surface area (Å²) in [7, 11) is 0. The highest BCUT2D eigenvalue weighted by atomic mass is 32.1. The number of amides is 4. The Hall–Kier alpha value is -2.87. The van der Waals surface area contributed by atoms with Crippen molar-refractivity contribution in [2.24, 2.45) is 17.4 Å². The van der Waals surface area contributed by atoms with Crippen molar-refractivity contribution in [3.05, 3.63) is 0 Å². The van der Waals surface area contributed by atoms with Crippen LogP contribution < -0.4 is 27.4 Å². The molecule has 13 nitrogen and oxygen atoms in total. The molecule has 4 atom stereocenters. The number of carboxylic acids is 2. The monoisotopic (exact) mass is 477 g/mol. The van der Waals surface area contributed by atoms with Gasteiger partial charge in [-0.3, -0.25) is 24.0 Å². The Balaban J connectivity index is 5.57. The van der Waals surface area contributed by atoms with Crippen molar-refractivity contribution in [1.29, 1.82) is 0 Å². The fraction of sp³-hybridized carbons (Fsp3) is 0.667. The van der Waals surface area contributed by atoms with Crippen LogP contribution in [0.5, 0.6) is 0 Å². The van der Waals surface area contributed by atoms with Crippen LogP contribution in [0, 0.1) is 5.92 Å². The van der Waals surface area contributed by atoms with E-state index in [1.165, 1.54) is 0 Å². The van der Waals surface area contributed by atoms with E-state index >= 15 is 0 Å². The fourth-order valence-electron chi connectivity index (χ4n) is 2.49. The normalized spacial score (nSPS) is 14.5. The first-order valence-corrected chi connectivity index (χ1v) is 10.4. The first-order chi connectivity index (χ1) is 14.8. The van der Waals surface area contributed by atoms with Gasteiger partial charge in [-0.2, -0.15) is 12.6 Å². The van der Waals surface area contributed by atoms with E-state index in [2.05, 4.69) is 28.6 Å². The number of hydrogen-bond acceptors (Lipinski definition) is 8. The summed E-state index contributed by atoms with van der Waals surface area (Å²) in [6.07, 6.45) is -1.32. The zero-order valence-electron chi connectivity index (χ0n) is 17.9. The van der Waals surface area contributed by atoms with Gasteiger partial charge in [0.05, 0.1) is 6.04 Å². The van der Waals surface area contributed by atoms with Crippen molar-refractivity contribution in [2.75, 3.05) is 5.75 Å². The lowest BCUT2D eigenvalue weighted by molar-refractivity contribution is -0.143. The number of carbonyl (C=O) groups is 6. The van der Waals surface area contributed by atoms with Crippen molar-refractivity contribution in [3.8, 4) is 0 Å². The van der Waals surface area contributed by atoms with Gasteiger partial charge in [0.25, 0.3) is 0 Å². The van der Waals surface area contributed by atoms with Gasteiger partial charge in [0.15, 0.2) is 0 Å². The molecule has 0 aromatic heterocycles. The second-order valence-corrected chi connectivity index (χ2v) is 7.78. The van der Waals surface area contributed by atoms with Crippen molar-refractivity contribution >= 4 is 48.2 Å². The standard InChI is InChI=1S/C18H31N5O8S/c1-8(2)14(18(30)31)23-17(29)10(3-5-12(20)24)22-16(28)11(4-6-13(25)26)21-15(27)9(19)7-32/h8-11,14,32H,3-7,19H2,1-2H3,(H2,20,24)(H,21,27)(H,22,28)(H,23,29)(H,25,26)(H,30,31). The predicted octanol–water partition coefficient (Wildman–Crippen LogP) is -2.43. The number of nitrogens with two attached hydrogens (primary N) is 2. The largest absolute Gasteiger partial charge is 0.481 e. The van der Waals surface area contributed by atoms with Crippen LogP contribution in [0.15, 0.2) is 0 Å². The Morgan fingerprint density at radius 2 is 1.31 bits per heavy atom. The lowest BCUT2D eigenvalue weighted by Gasteiger charge is -2.25. The van der Waals surface area contributed by atoms with E-state index in [-0.39, 0.29) is 25.0 Å². The molecule has 182 valence electrons. The second-order valence-electron chi connectivity index (χ2n) is 7.42. The maximum absolute atomic E-state index is 12.7. The van der Waals surface area contributed by atoms with Gasteiger partial charge < -0.3 is 37.6 Å². The van der Waals surface area contributed by atoms with E-state index in [0.29, 0.717) is 0 Å². The average Bonchev–Trinajstić information content (AvgIpc) is 2.69. The van der Waals surface area contributed by atoms with Gasteiger partial charge in [0.2, 0.25) is 23.6 Å². The molecule has 0 saturated carbocycles. The first-order valence-electron chi connectivity index (χ1n) is 9.80. The molecule has 0 spiro atoms. The molecule has 0 aliphatic carbocycles. The summed E-state index contributed by atoms with van der Waals surface area (Å²) in [5.74, 6) is -6.33. The Labute approximate surface area is 190 Å². The van der Waals surface area contributed by atoms with Crippen LogP contribution in [0.3, 0.4) is 0 Å². The Bertz CT molecular complexity index is 717. The van der Waals surface area contributed by atoms with Gasteiger partial charge in [0, 0.05) is 18.6 Å². The number of primary amides is 1. The highest BCUT2D eigenvalue weighted by Crippen LogP contribution is 2.06. The van der Waals surface area contributed by atoms with Gasteiger partial charge in [-0.1, -0.05) is 13.8 Å². The second kappa shape index (κ2) is 14.2. The molecule has 0 heterocycles. The minimum Gasteiger partial charge on any atom is -0.481 e. The lowest BCUT2D eigenvalue weighted by atomic mass is 10.0. The highest BCUT2D eigenvalue weighted by molar-refractivity contribution is 7.80. The number of carboxylic acid groups (broad SMARTS) is 2. The molecular formula is C18H31N5O8S. The van der Waals surface area contributed by atoms with Crippen LogP contribution in [-0.2, 0) is 28.8 Å².